The van der Waals surface area contributed by atoms with Gasteiger partial charge in [-0.2, -0.15) is 0 Å². The molecule has 1 aliphatic carbocycles. The number of hydrogen-bond donors (Lipinski definition) is 0. The van der Waals surface area contributed by atoms with Crippen molar-refractivity contribution in [2.45, 2.75) is 19.3 Å². The van der Waals surface area contributed by atoms with E-state index >= 15 is 0 Å². The minimum Gasteiger partial charge on any atom is -0.310 e. The van der Waals surface area contributed by atoms with Crippen LogP contribution in [0.25, 0.3) is 82.8 Å². The van der Waals surface area contributed by atoms with Crippen molar-refractivity contribution in [3.05, 3.63) is 242 Å². The lowest BCUT2D eigenvalue weighted by Crippen LogP contribution is -2.17. The zero-order chi connectivity index (χ0) is 42.1. The van der Waals surface area contributed by atoms with Crippen LogP contribution >= 0.6 is 0 Å². The molecule has 10 aromatic carbocycles. The lowest BCUT2D eigenvalue weighted by atomic mass is 9.82. The largest absolute Gasteiger partial charge is 0.310 e. The van der Waals surface area contributed by atoms with E-state index in [-0.39, 0.29) is 5.41 Å². The van der Waals surface area contributed by atoms with E-state index in [1.807, 2.05) is 0 Å². The van der Waals surface area contributed by atoms with Gasteiger partial charge in [0.25, 0.3) is 0 Å². The first kappa shape index (κ1) is 36.9. The molecule has 0 radical (unpaired) electrons. The number of anilines is 3. The first-order chi connectivity index (χ1) is 31.0. The van der Waals surface area contributed by atoms with Crippen molar-refractivity contribution in [3.63, 3.8) is 0 Å². The zero-order valence-electron chi connectivity index (χ0n) is 35.3. The lowest BCUT2D eigenvalue weighted by Gasteiger charge is -2.29. The fourth-order valence-electron chi connectivity index (χ4n) is 10.2. The first-order valence-electron chi connectivity index (χ1n) is 21.9. The fraction of sp³-hybridized carbons (Fsp3) is 0.0492. The van der Waals surface area contributed by atoms with Crippen LogP contribution in [0.2, 0.25) is 0 Å². The Morgan fingerprint density at radius 3 is 1.54 bits per heavy atom. The summed E-state index contributed by atoms with van der Waals surface area (Å²) in [6.07, 6.45) is 0. The van der Waals surface area contributed by atoms with Gasteiger partial charge < -0.3 is 9.47 Å². The lowest BCUT2D eigenvalue weighted by molar-refractivity contribution is 0.660. The average molecular weight is 805 g/mol. The second-order valence-corrected chi connectivity index (χ2v) is 17.4. The van der Waals surface area contributed by atoms with Crippen LogP contribution in [0.3, 0.4) is 0 Å². The highest BCUT2D eigenvalue weighted by atomic mass is 15.1. The summed E-state index contributed by atoms with van der Waals surface area (Å²) in [4.78, 5) is 2.44. The Labute approximate surface area is 368 Å². The Balaban J connectivity index is 0.987. The van der Waals surface area contributed by atoms with E-state index in [4.69, 9.17) is 0 Å². The molecular weight excluding hydrogens is 761 g/mol. The van der Waals surface area contributed by atoms with Crippen LogP contribution in [0.4, 0.5) is 17.1 Å². The maximum Gasteiger partial charge on any atom is 0.0541 e. The topological polar surface area (TPSA) is 8.17 Å². The summed E-state index contributed by atoms with van der Waals surface area (Å²) in [5, 5.41) is 5.05. The monoisotopic (exact) mass is 804 g/mol. The van der Waals surface area contributed by atoms with Gasteiger partial charge in [0.1, 0.15) is 0 Å². The molecule has 12 rings (SSSR count). The summed E-state index contributed by atoms with van der Waals surface area (Å²) in [7, 11) is 0. The van der Waals surface area contributed by atoms with Gasteiger partial charge in [-0.25, -0.2) is 0 Å². The standard InChI is InChI=1S/C61H44N2/c1-61(2)57-39-49(33-35-53(57)54-36-34-50(40-58(54)61)63-59-27-10-8-24-55(59)56-25-9-11-28-60(56)63)62(48-22-13-20-46(38-48)52-26-14-18-44-17-6-7-23-51(44)52)47-21-12-19-45(37-47)43-31-29-42(30-32-43)41-15-4-3-5-16-41/h3-40H,1-2H3. The van der Waals surface area contributed by atoms with E-state index in [2.05, 4.69) is 254 Å². The molecule has 11 aromatic rings. The Morgan fingerprint density at radius 2 is 0.825 bits per heavy atom. The van der Waals surface area contributed by atoms with E-state index in [1.165, 1.54) is 93.9 Å². The Kier molecular flexibility index (Phi) is 8.55. The van der Waals surface area contributed by atoms with Gasteiger partial charge in [-0.15, -0.1) is 0 Å². The molecule has 0 bridgehead atoms. The summed E-state index contributed by atoms with van der Waals surface area (Å²) in [6, 6.07) is 84.6. The third kappa shape index (κ3) is 6.09. The maximum absolute atomic E-state index is 2.45. The molecule has 1 heterocycles. The van der Waals surface area contributed by atoms with E-state index in [0.29, 0.717) is 0 Å². The molecule has 0 spiro atoms. The Bertz CT molecular complexity index is 3480. The van der Waals surface area contributed by atoms with Crippen molar-refractivity contribution in [1.82, 2.24) is 4.57 Å². The molecule has 2 heteroatoms. The van der Waals surface area contributed by atoms with Gasteiger partial charge in [-0.05, 0) is 127 Å². The molecule has 298 valence electrons. The predicted octanol–water partition coefficient (Wildman–Crippen LogP) is 16.7. The van der Waals surface area contributed by atoms with Gasteiger partial charge in [0.05, 0.1) is 11.0 Å². The van der Waals surface area contributed by atoms with Gasteiger partial charge in [0.15, 0.2) is 0 Å². The Hall–Kier alpha value is -7.94. The molecule has 0 saturated carbocycles. The molecule has 1 aromatic heterocycles. The second-order valence-electron chi connectivity index (χ2n) is 17.4. The predicted molar refractivity (Wildman–Crippen MR) is 267 cm³/mol. The molecule has 0 N–H and O–H groups in total. The van der Waals surface area contributed by atoms with Gasteiger partial charge in [-0.1, -0.05) is 184 Å². The Morgan fingerprint density at radius 1 is 0.333 bits per heavy atom. The van der Waals surface area contributed by atoms with Crippen LogP contribution in [0.5, 0.6) is 0 Å². The number of hydrogen-bond acceptors (Lipinski definition) is 1. The summed E-state index contributed by atoms with van der Waals surface area (Å²) >= 11 is 0. The van der Waals surface area contributed by atoms with Crippen molar-refractivity contribution in [2.75, 3.05) is 4.90 Å². The quantitative estimate of drug-likeness (QED) is 0.156. The van der Waals surface area contributed by atoms with E-state index in [1.54, 1.807) is 0 Å². The number of fused-ring (bicyclic) bond motifs is 7. The summed E-state index contributed by atoms with van der Waals surface area (Å²) < 4.78 is 2.43. The van der Waals surface area contributed by atoms with Crippen LogP contribution in [-0.2, 0) is 5.41 Å². The summed E-state index contributed by atoms with van der Waals surface area (Å²) in [6.45, 7) is 4.78. The smallest absolute Gasteiger partial charge is 0.0541 e. The first-order valence-corrected chi connectivity index (χ1v) is 21.9. The molecule has 0 fully saturated rings. The van der Waals surface area contributed by atoms with Gasteiger partial charge in [-0.3, -0.25) is 0 Å². The van der Waals surface area contributed by atoms with Crippen LogP contribution < -0.4 is 4.90 Å². The van der Waals surface area contributed by atoms with Crippen molar-refractivity contribution in [1.29, 1.82) is 0 Å². The molecule has 0 unspecified atom stereocenters. The maximum atomic E-state index is 2.45. The van der Waals surface area contributed by atoms with Crippen molar-refractivity contribution in [3.8, 4) is 50.2 Å². The third-order valence-electron chi connectivity index (χ3n) is 13.4. The number of para-hydroxylation sites is 2. The third-order valence-corrected chi connectivity index (χ3v) is 13.4. The van der Waals surface area contributed by atoms with Gasteiger partial charge in [0.2, 0.25) is 0 Å². The zero-order valence-corrected chi connectivity index (χ0v) is 35.3. The molecular formula is C61H44N2. The fourth-order valence-corrected chi connectivity index (χ4v) is 10.2. The normalized spacial score (nSPS) is 12.7. The minimum absolute atomic E-state index is 0.242. The molecule has 1 aliphatic rings. The van der Waals surface area contributed by atoms with Gasteiger partial charge >= 0.3 is 0 Å². The molecule has 0 atom stereocenters. The molecule has 0 saturated heterocycles. The SMILES string of the molecule is CC1(C)c2cc(N(c3cccc(-c4ccc(-c5ccccc5)cc4)c3)c3cccc(-c4cccc5ccccc45)c3)ccc2-c2ccc(-n3c4ccccc4c4ccccc43)cc21. The van der Waals surface area contributed by atoms with E-state index in [0.717, 1.165) is 17.1 Å². The van der Waals surface area contributed by atoms with Crippen molar-refractivity contribution in [2.24, 2.45) is 0 Å². The molecule has 0 amide bonds. The van der Waals surface area contributed by atoms with E-state index in [9.17, 15) is 0 Å². The van der Waals surface area contributed by atoms with Crippen LogP contribution in [0.1, 0.15) is 25.0 Å². The van der Waals surface area contributed by atoms with Crippen molar-refractivity contribution >= 4 is 49.6 Å². The molecule has 0 aliphatic heterocycles. The number of rotatable bonds is 7. The van der Waals surface area contributed by atoms with Gasteiger partial charge in [0, 0.05) is 38.9 Å². The minimum atomic E-state index is -0.242. The summed E-state index contributed by atoms with van der Waals surface area (Å²) in [5.41, 5.74) is 19.2. The van der Waals surface area contributed by atoms with Crippen LogP contribution in [-0.4, -0.2) is 4.57 Å². The van der Waals surface area contributed by atoms with Crippen molar-refractivity contribution < 1.29 is 0 Å². The molecule has 2 nitrogen and oxygen atoms in total. The highest BCUT2D eigenvalue weighted by Crippen LogP contribution is 2.52. The highest BCUT2D eigenvalue weighted by Gasteiger charge is 2.36. The van der Waals surface area contributed by atoms with Crippen LogP contribution in [0.15, 0.2) is 231 Å². The average Bonchev–Trinajstić information content (AvgIpc) is 3.79. The number of nitrogens with zero attached hydrogens (tertiary/aromatic N) is 2. The number of aromatic nitrogens is 1. The second kappa shape index (κ2) is 14.6. The summed E-state index contributed by atoms with van der Waals surface area (Å²) in [5.74, 6) is 0. The number of benzene rings is 10. The van der Waals surface area contributed by atoms with Crippen LogP contribution in [0, 0.1) is 0 Å². The highest BCUT2D eigenvalue weighted by molar-refractivity contribution is 6.09. The molecule has 63 heavy (non-hydrogen) atoms. The van der Waals surface area contributed by atoms with E-state index < -0.39 is 0 Å².